The Kier molecular flexibility index (Phi) is 7.57. The number of allylic oxidation sites excluding steroid dienone is 1. The maximum absolute atomic E-state index is 13.6. The van der Waals surface area contributed by atoms with Crippen molar-refractivity contribution in [2.24, 2.45) is 0 Å². The smallest absolute Gasteiger partial charge is 0.255 e. The Morgan fingerprint density at radius 1 is 1.15 bits per heavy atom. The predicted octanol–water partition coefficient (Wildman–Crippen LogP) is 5.81. The van der Waals surface area contributed by atoms with Gasteiger partial charge in [0.2, 0.25) is 11.1 Å². The number of fused-ring (bicyclic) bond motifs is 1. The number of nitrogens with one attached hydrogen (secondary N) is 2. The first-order valence-corrected chi connectivity index (χ1v) is 12.7. The molecule has 8 heteroatoms. The molecule has 178 valence electrons. The van der Waals surface area contributed by atoms with Gasteiger partial charge in [0.25, 0.3) is 5.91 Å². The van der Waals surface area contributed by atoms with Crippen LogP contribution in [0.4, 0.5) is 11.6 Å². The number of nitrogens with zero attached hydrogens (tertiary/aromatic N) is 3. The number of hydrogen-bond acceptors (Lipinski definition) is 6. The van der Waals surface area contributed by atoms with E-state index in [2.05, 4.69) is 29.5 Å². The summed E-state index contributed by atoms with van der Waals surface area (Å²) in [5.41, 5.74) is 4.15. The predicted molar refractivity (Wildman–Crippen MR) is 138 cm³/mol. The maximum atomic E-state index is 13.6. The van der Waals surface area contributed by atoms with E-state index in [9.17, 15) is 4.79 Å². The van der Waals surface area contributed by atoms with Crippen molar-refractivity contribution in [2.75, 3.05) is 23.0 Å². The molecule has 2 N–H and O–H groups in total. The van der Waals surface area contributed by atoms with Crippen molar-refractivity contribution in [1.82, 2.24) is 14.8 Å². The first-order valence-electron chi connectivity index (χ1n) is 11.7. The number of amides is 1. The molecule has 2 aromatic carbocycles. The molecule has 1 aromatic heterocycles. The molecule has 1 atom stereocenters. The number of ether oxygens (including phenoxy) is 1. The van der Waals surface area contributed by atoms with Gasteiger partial charge in [0, 0.05) is 17.1 Å². The zero-order valence-corrected chi connectivity index (χ0v) is 20.9. The molecule has 1 unspecified atom stereocenters. The van der Waals surface area contributed by atoms with Crippen molar-refractivity contribution < 1.29 is 9.53 Å². The van der Waals surface area contributed by atoms with E-state index in [1.54, 1.807) is 11.8 Å². The number of rotatable bonds is 9. The van der Waals surface area contributed by atoms with Crippen LogP contribution in [0.25, 0.3) is 0 Å². The number of anilines is 2. The molecule has 7 nitrogen and oxygen atoms in total. The number of hydrogen-bond donors (Lipinski definition) is 2. The Labute approximate surface area is 205 Å². The van der Waals surface area contributed by atoms with Gasteiger partial charge in [-0.1, -0.05) is 49.9 Å². The fourth-order valence-electron chi connectivity index (χ4n) is 3.88. The number of carbonyl (C=O) groups is 1. The average molecular weight is 478 g/mol. The molecule has 0 fully saturated rings. The SMILES string of the molecule is CCCOc1ccc(C2C(C(=O)Nc3cccc(C)c3)=C(C)Nc3nc(SCCC)nn32)cc1. The van der Waals surface area contributed by atoms with Crippen molar-refractivity contribution in [3.05, 3.63) is 70.9 Å². The topological polar surface area (TPSA) is 81.1 Å². The zero-order valence-electron chi connectivity index (χ0n) is 20.1. The lowest BCUT2D eigenvalue weighted by atomic mass is 9.95. The van der Waals surface area contributed by atoms with E-state index in [1.165, 1.54) is 0 Å². The summed E-state index contributed by atoms with van der Waals surface area (Å²) in [4.78, 5) is 18.2. The molecule has 4 rings (SSSR count). The monoisotopic (exact) mass is 477 g/mol. The number of benzene rings is 2. The molecule has 1 aliphatic rings. The minimum Gasteiger partial charge on any atom is -0.494 e. The molecule has 0 bridgehead atoms. The van der Waals surface area contributed by atoms with Crippen molar-refractivity contribution >= 4 is 29.3 Å². The number of aryl methyl sites for hydroxylation is 1. The van der Waals surface area contributed by atoms with Crippen LogP contribution in [0.3, 0.4) is 0 Å². The van der Waals surface area contributed by atoms with Crippen molar-refractivity contribution in [2.45, 2.75) is 51.7 Å². The lowest BCUT2D eigenvalue weighted by molar-refractivity contribution is -0.113. The van der Waals surface area contributed by atoms with Gasteiger partial charge < -0.3 is 15.4 Å². The van der Waals surface area contributed by atoms with Gasteiger partial charge in [0.05, 0.1) is 12.2 Å². The van der Waals surface area contributed by atoms with E-state index in [0.717, 1.165) is 46.9 Å². The summed E-state index contributed by atoms with van der Waals surface area (Å²) in [6, 6.07) is 15.3. The van der Waals surface area contributed by atoms with Crippen LogP contribution >= 0.6 is 11.8 Å². The lowest BCUT2D eigenvalue weighted by Crippen LogP contribution is -2.31. The Hall–Kier alpha value is -3.26. The summed E-state index contributed by atoms with van der Waals surface area (Å²) in [7, 11) is 0. The lowest BCUT2D eigenvalue weighted by Gasteiger charge is -2.28. The van der Waals surface area contributed by atoms with Crippen LogP contribution < -0.4 is 15.4 Å². The van der Waals surface area contributed by atoms with E-state index >= 15 is 0 Å². The minimum atomic E-state index is -0.412. The van der Waals surface area contributed by atoms with Gasteiger partial charge in [-0.3, -0.25) is 4.79 Å². The van der Waals surface area contributed by atoms with Crippen LogP contribution in [0, 0.1) is 6.92 Å². The molecule has 0 saturated carbocycles. The summed E-state index contributed by atoms with van der Waals surface area (Å²) in [5.74, 6) is 2.21. The molecule has 0 saturated heterocycles. The normalized spacial score (nSPS) is 15.0. The number of thioether (sulfide) groups is 1. The van der Waals surface area contributed by atoms with E-state index in [1.807, 2.05) is 67.1 Å². The third-order valence-electron chi connectivity index (χ3n) is 5.46. The molecule has 0 aliphatic carbocycles. The van der Waals surface area contributed by atoms with Crippen LogP contribution in [-0.4, -0.2) is 33.0 Å². The molecule has 3 aromatic rings. The highest BCUT2D eigenvalue weighted by Crippen LogP contribution is 2.37. The van der Waals surface area contributed by atoms with Gasteiger partial charge in [-0.15, -0.1) is 5.10 Å². The Bertz CT molecular complexity index is 1190. The molecule has 1 amide bonds. The Morgan fingerprint density at radius 3 is 2.65 bits per heavy atom. The van der Waals surface area contributed by atoms with Crippen molar-refractivity contribution in [3.63, 3.8) is 0 Å². The van der Waals surface area contributed by atoms with Crippen LogP contribution in [0.2, 0.25) is 0 Å². The average Bonchev–Trinajstić information content (AvgIpc) is 3.23. The first-order chi connectivity index (χ1) is 16.5. The summed E-state index contributed by atoms with van der Waals surface area (Å²) in [6.45, 7) is 8.79. The molecular weight excluding hydrogens is 446 g/mol. The fraction of sp³-hybridized carbons (Fsp3) is 0.346. The zero-order chi connectivity index (χ0) is 24.1. The highest BCUT2D eigenvalue weighted by atomic mass is 32.2. The second kappa shape index (κ2) is 10.8. The number of carbonyl (C=O) groups excluding carboxylic acids is 1. The molecular formula is C26H31N5O2S. The first kappa shape index (κ1) is 23.9. The van der Waals surface area contributed by atoms with Gasteiger partial charge in [-0.05, 0) is 62.1 Å². The standard InChI is InChI=1S/C26H31N5O2S/c1-5-14-33-21-12-10-19(11-13-21)23-22(24(32)28-20-9-7-8-17(3)16-20)18(4)27-25-29-26(30-31(23)25)34-15-6-2/h7-13,16,23H,5-6,14-15H2,1-4H3,(H,28,32)(H,27,29,30). The van der Waals surface area contributed by atoms with Gasteiger partial charge in [-0.2, -0.15) is 4.98 Å². The summed E-state index contributed by atoms with van der Waals surface area (Å²) < 4.78 is 7.58. The quantitative estimate of drug-likeness (QED) is 0.379. The van der Waals surface area contributed by atoms with Crippen LogP contribution in [0.5, 0.6) is 5.75 Å². The highest BCUT2D eigenvalue weighted by molar-refractivity contribution is 7.99. The van der Waals surface area contributed by atoms with Gasteiger partial charge in [0.15, 0.2) is 0 Å². The largest absolute Gasteiger partial charge is 0.494 e. The second-order valence-corrected chi connectivity index (χ2v) is 9.38. The molecule has 0 spiro atoms. The van der Waals surface area contributed by atoms with Gasteiger partial charge >= 0.3 is 0 Å². The van der Waals surface area contributed by atoms with E-state index in [0.29, 0.717) is 23.3 Å². The van der Waals surface area contributed by atoms with Crippen molar-refractivity contribution in [1.29, 1.82) is 0 Å². The fourth-order valence-corrected chi connectivity index (χ4v) is 4.56. The molecule has 2 heterocycles. The van der Waals surface area contributed by atoms with Gasteiger partial charge in [-0.25, -0.2) is 4.68 Å². The Morgan fingerprint density at radius 2 is 1.94 bits per heavy atom. The molecule has 0 radical (unpaired) electrons. The van der Waals surface area contributed by atoms with Gasteiger partial charge in [0.1, 0.15) is 11.8 Å². The third-order valence-corrected chi connectivity index (χ3v) is 6.50. The van der Waals surface area contributed by atoms with Crippen LogP contribution in [0.15, 0.2) is 65.0 Å². The second-order valence-electron chi connectivity index (χ2n) is 8.32. The maximum Gasteiger partial charge on any atom is 0.255 e. The minimum absolute atomic E-state index is 0.171. The van der Waals surface area contributed by atoms with Crippen molar-refractivity contribution in [3.8, 4) is 5.75 Å². The summed E-state index contributed by atoms with van der Waals surface area (Å²) in [5, 5.41) is 11.8. The van der Waals surface area contributed by atoms with E-state index in [-0.39, 0.29) is 5.91 Å². The Balaban J connectivity index is 1.72. The molecule has 34 heavy (non-hydrogen) atoms. The van der Waals surface area contributed by atoms with E-state index < -0.39 is 6.04 Å². The third kappa shape index (κ3) is 5.28. The van der Waals surface area contributed by atoms with Crippen LogP contribution in [0.1, 0.15) is 50.8 Å². The summed E-state index contributed by atoms with van der Waals surface area (Å²) >= 11 is 1.62. The molecule has 1 aliphatic heterocycles. The summed E-state index contributed by atoms with van der Waals surface area (Å²) in [6.07, 6.45) is 1.98. The highest BCUT2D eigenvalue weighted by Gasteiger charge is 2.34. The van der Waals surface area contributed by atoms with Crippen LogP contribution in [-0.2, 0) is 4.79 Å². The number of aromatic nitrogens is 3. The van der Waals surface area contributed by atoms with E-state index in [4.69, 9.17) is 9.84 Å².